The van der Waals surface area contributed by atoms with Gasteiger partial charge >= 0.3 is 6.03 Å². The van der Waals surface area contributed by atoms with E-state index in [1.54, 1.807) is 9.58 Å². The van der Waals surface area contributed by atoms with Gasteiger partial charge in [-0.3, -0.25) is 19.7 Å². The Morgan fingerprint density at radius 1 is 1.41 bits per heavy atom. The van der Waals surface area contributed by atoms with Gasteiger partial charge in [0.25, 0.3) is 0 Å². The number of nitrogens with one attached hydrogen (secondary N) is 1. The number of aromatic nitrogens is 2. The van der Waals surface area contributed by atoms with E-state index < -0.39 is 0 Å². The summed E-state index contributed by atoms with van der Waals surface area (Å²) >= 11 is 0. The second-order valence-electron chi connectivity index (χ2n) is 4.48. The van der Waals surface area contributed by atoms with Crippen molar-refractivity contribution in [2.75, 3.05) is 11.4 Å². The van der Waals surface area contributed by atoms with Crippen molar-refractivity contribution in [1.29, 1.82) is 0 Å². The number of amides is 3. The second kappa shape index (κ2) is 4.20. The van der Waals surface area contributed by atoms with Crippen molar-refractivity contribution in [3.8, 4) is 0 Å². The lowest BCUT2D eigenvalue weighted by atomic mass is 10.1. The van der Waals surface area contributed by atoms with Crippen LogP contribution in [0.4, 0.5) is 10.5 Å². The molecule has 0 radical (unpaired) electrons. The molecule has 0 aromatic carbocycles. The smallest absolute Gasteiger partial charge is 0.290 e. The molecule has 92 valence electrons. The first kappa shape index (κ1) is 11.6. The molecule has 17 heavy (non-hydrogen) atoms. The van der Waals surface area contributed by atoms with Gasteiger partial charge in [-0.25, -0.2) is 4.79 Å². The Bertz CT molecular complexity index is 464. The largest absolute Gasteiger partial charge is 0.328 e. The van der Waals surface area contributed by atoms with Crippen molar-refractivity contribution >= 4 is 17.6 Å². The van der Waals surface area contributed by atoms with Crippen LogP contribution in [0.1, 0.15) is 31.9 Å². The first-order chi connectivity index (χ1) is 7.99. The summed E-state index contributed by atoms with van der Waals surface area (Å²) in [6.07, 6.45) is 2.14. The third-order valence-electron chi connectivity index (χ3n) is 2.73. The van der Waals surface area contributed by atoms with Crippen LogP contribution in [0.5, 0.6) is 0 Å². The van der Waals surface area contributed by atoms with E-state index in [9.17, 15) is 9.59 Å². The number of carbonyl (C=O) groups excluding carboxylic acids is 2. The summed E-state index contributed by atoms with van der Waals surface area (Å²) in [6.45, 7) is 4.47. The Kier molecular flexibility index (Phi) is 2.87. The van der Waals surface area contributed by atoms with Crippen LogP contribution in [-0.2, 0) is 11.8 Å². The van der Waals surface area contributed by atoms with Crippen LogP contribution in [0.3, 0.4) is 0 Å². The SMILES string of the molecule is CC(C)c1nn(C)cc1N1CCC(=O)NC1=O. The van der Waals surface area contributed by atoms with Crippen LogP contribution in [0.2, 0.25) is 0 Å². The molecule has 3 amide bonds. The lowest BCUT2D eigenvalue weighted by Gasteiger charge is -2.26. The van der Waals surface area contributed by atoms with Gasteiger partial charge in [-0.05, 0) is 5.92 Å². The van der Waals surface area contributed by atoms with E-state index >= 15 is 0 Å². The predicted octanol–water partition coefficient (Wildman–Crippen LogP) is 0.990. The molecule has 0 spiro atoms. The molecular weight excluding hydrogens is 220 g/mol. The number of imide groups is 1. The first-order valence-corrected chi connectivity index (χ1v) is 5.64. The fourth-order valence-electron chi connectivity index (χ4n) is 1.91. The molecule has 1 N–H and O–H groups in total. The Balaban J connectivity index is 2.33. The zero-order chi connectivity index (χ0) is 12.6. The number of urea groups is 1. The molecule has 0 saturated carbocycles. The maximum Gasteiger partial charge on any atom is 0.328 e. The molecular formula is C11H16N4O2. The molecule has 1 aliphatic rings. The minimum absolute atomic E-state index is 0.221. The maximum absolute atomic E-state index is 11.7. The van der Waals surface area contributed by atoms with E-state index in [1.165, 1.54) is 0 Å². The zero-order valence-electron chi connectivity index (χ0n) is 10.2. The highest BCUT2D eigenvalue weighted by atomic mass is 16.2. The summed E-state index contributed by atoms with van der Waals surface area (Å²) in [4.78, 5) is 24.4. The summed E-state index contributed by atoms with van der Waals surface area (Å²) in [6, 6.07) is -0.365. The zero-order valence-corrected chi connectivity index (χ0v) is 10.2. The van der Waals surface area contributed by atoms with Crippen LogP contribution >= 0.6 is 0 Å². The number of rotatable bonds is 2. The number of aryl methyl sites for hydroxylation is 1. The Morgan fingerprint density at radius 2 is 2.12 bits per heavy atom. The summed E-state index contributed by atoms with van der Waals surface area (Å²) < 4.78 is 1.69. The van der Waals surface area contributed by atoms with Gasteiger partial charge in [0.05, 0.1) is 11.4 Å². The van der Waals surface area contributed by atoms with E-state index in [2.05, 4.69) is 10.4 Å². The molecule has 1 fully saturated rings. The second-order valence-corrected chi connectivity index (χ2v) is 4.48. The predicted molar refractivity (Wildman–Crippen MR) is 62.8 cm³/mol. The van der Waals surface area contributed by atoms with Gasteiger partial charge in [0.15, 0.2) is 0 Å². The lowest BCUT2D eigenvalue weighted by Crippen LogP contribution is -2.49. The van der Waals surface area contributed by atoms with Crippen molar-refractivity contribution in [3.05, 3.63) is 11.9 Å². The molecule has 1 aromatic rings. The van der Waals surface area contributed by atoms with Crippen LogP contribution in [0.25, 0.3) is 0 Å². The van der Waals surface area contributed by atoms with E-state index in [0.29, 0.717) is 13.0 Å². The Labute approximate surface area is 99.6 Å². The van der Waals surface area contributed by atoms with Crippen LogP contribution in [0.15, 0.2) is 6.20 Å². The Morgan fingerprint density at radius 3 is 2.71 bits per heavy atom. The molecule has 6 nitrogen and oxygen atoms in total. The van der Waals surface area contributed by atoms with Crippen molar-refractivity contribution < 1.29 is 9.59 Å². The molecule has 6 heteroatoms. The van der Waals surface area contributed by atoms with Gasteiger partial charge in [-0.2, -0.15) is 5.10 Å². The number of hydrogen-bond donors (Lipinski definition) is 1. The average molecular weight is 236 g/mol. The van der Waals surface area contributed by atoms with Gasteiger partial charge in [0, 0.05) is 26.2 Å². The van der Waals surface area contributed by atoms with Crippen molar-refractivity contribution in [2.45, 2.75) is 26.2 Å². The van der Waals surface area contributed by atoms with Gasteiger partial charge in [-0.1, -0.05) is 13.8 Å². The summed E-state index contributed by atoms with van der Waals surface area (Å²) in [5.41, 5.74) is 1.66. The average Bonchev–Trinajstić information content (AvgIpc) is 2.60. The number of carbonyl (C=O) groups is 2. The van der Waals surface area contributed by atoms with Gasteiger partial charge in [-0.15, -0.1) is 0 Å². The van der Waals surface area contributed by atoms with Gasteiger partial charge < -0.3 is 0 Å². The normalized spacial score (nSPS) is 16.6. The molecule has 0 bridgehead atoms. The molecule has 1 aliphatic heterocycles. The Hall–Kier alpha value is -1.85. The van der Waals surface area contributed by atoms with E-state index in [-0.39, 0.29) is 17.9 Å². The standard InChI is InChI=1S/C11H16N4O2/c1-7(2)10-8(6-14(3)13-10)15-5-4-9(16)12-11(15)17/h6-7H,4-5H2,1-3H3,(H,12,16,17). The minimum atomic E-state index is -0.365. The van der Waals surface area contributed by atoms with Crippen LogP contribution in [-0.4, -0.2) is 28.3 Å². The van der Waals surface area contributed by atoms with E-state index in [4.69, 9.17) is 0 Å². The summed E-state index contributed by atoms with van der Waals surface area (Å²) in [5, 5.41) is 6.66. The monoisotopic (exact) mass is 236 g/mol. The summed E-state index contributed by atoms with van der Waals surface area (Å²) in [7, 11) is 1.82. The van der Waals surface area contributed by atoms with Gasteiger partial charge in [0.2, 0.25) is 5.91 Å². The third kappa shape index (κ3) is 2.15. The third-order valence-corrected chi connectivity index (χ3v) is 2.73. The van der Waals surface area contributed by atoms with E-state index in [0.717, 1.165) is 11.4 Å². The number of nitrogens with zero attached hydrogens (tertiary/aromatic N) is 3. The first-order valence-electron chi connectivity index (χ1n) is 5.64. The molecule has 1 saturated heterocycles. The van der Waals surface area contributed by atoms with Crippen molar-refractivity contribution in [2.24, 2.45) is 7.05 Å². The molecule has 0 unspecified atom stereocenters. The minimum Gasteiger partial charge on any atom is -0.290 e. The quantitative estimate of drug-likeness (QED) is 0.832. The molecule has 2 heterocycles. The highest BCUT2D eigenvalue weighted by molar-refractivity contribution is 6.05. The van der Waals surface area contributed by atoms with Gasteiger partial charge in [0.1, 0.15) is 0 Å². The molecule has 1 aromatic heterocycles. The highest BCUT2D eigenvalue weighted by Crippen LogP contribution is 2.27. The van der Waals surface area contributed by atoms with Crippen molar-refractivity contribution in [1.82, 2.24) is 15.1 Å². The van der Waals surface area contributed by atoms with E-state index in [1.807, 2.05) is 27.1 Å². The lowest BCUT2D eigenvalue weighted by molar-refractivity contribution is -0.120. The molecule has 2 rings (SSSR count). The molecule has 0 atom stereocenters. The fourth-order valence-corrected chi connectivity index (χ4v) is 1.91. The topological polar surface area (TPSA) is 67.2 Å². The number of hydrogen-bond acceptors (Lipinski definition) is 3. The van der Waals surface area contributed by atoms with Crippen LogP contribution in [0, 0.1) is 0 Å². The highest BCUT2D eigenvalue weighted by Gasteiger charge is 2.28. The van der Waals surface area contributed by atoms with Crippen molar-refractivity contribution in [3.63, 3.8) is 0 Å². The molecule has 0 aliphatic carbocycles. The number of anilines is 1. The van der Waals surface area contributed by atoms with Crippen LogP contribution < -0.4 is 10.2 Å². The fraction of sp³-hybridized carbons (Fsp3) is 0.545. The summed E-state index contributed by atoms with van der Waals surface area (Å²) in [5.74, 6) is 0.0119. The maximum atomic E-state index is 11.7.